The fraction of sp³-hybridized carbons (Fsp3) is 0.500. The van der Waals surface area contributed by atoms with E-state index in [2.05, 4.69) is 15.3 Å². The first-order chi connectivity index (χ1) is 8.41. The molecule has 98 valence electrons. The van der Waals surface area contributed by atoms with Crippen LogP contribution < -0.4 is 5.32 Å². The van der Waals surface area contributed by atoms with Gasteiger partial charge in [0.25, 0.3) is 0 Å². The zero-order valence-electron chi connectivity index (χ0n) is 10.7. The summed E-state index contributed by atoms with van der Waals surface area (Å²) in [7, 11) is 0. The summed E-state index contributed by atoms with van der Waals surface area (Å²) in [5, 5.41) is 11.5. The number of nitrogens with zero attached hydrogens (tertiary/aromatic N) is 2. The van der Waals surface area contributed by atoms with Crippen molar-refractivity contribution in [1.82, 2.24) is 15.3 Å². The first-order valence-electron chi connectivity index (χ1n) is 5.70. The molecule has 0 saturated carbocycles. The van der Waals surface area contributed by atoms with Gasteiger partial charge in [-0.25, -0.2) is 0 Å². The lowest BCUT2D eigenvalue weighted by molar-refractivity contribution is -0.148. The smallest absolute Gasteiger partial charge is 0.316 e. The molecule has 0 spiro atoms. The maximum atomic E-state index is 11.7. The number of aliphatic carboxylic acids is 1. The third-order valence-corrected chi connectivity index (χ3v) is 2.46. The number of carbonyl (C=O) groups is 2. The lowest BCUT2D eigenvalue weighted by atomic mass is 9.95. The molecular formula is C12H17N3O3. The van der Waals surface area contributed by atoms with Crippen molar-refractivity contribution in [1.29, 1.82) is 0 Å². The highest BCUT2D eigenvalue weighted by Crippen LogP contribution is 2.11. The Morgan fingerprint density at radius 1 is 1.39 bits per heavy atom. The van der Waals surface area contributed by atoms with Gasteiger partial charge in [0.2, 0.25) is 5.91 Å². The highest BCUT2D eigenvalue weighted by atomic mass is 16.4. The van der Waals surface area contributed by atoms with Crippen molar-refractivity contribution in [3.05, 3.63) is 23.8 Å². The second-order valence-corrected chi connectivity index (χ2v) is 4.43. The minimum atomic E-state index is -1.11. The fourth-order valence-electron chi connectivity index (χ4n) is 1.59. The predicted octanol–water partition coefficient (Wildman–Crippen LogP) is 0.758. The molecule has 0 fully saturated rings. The van der Waals surface area contributed by atoms with Crippen LogP contribution in [0.3, 0.4) is 0 Å². The Kier molecular flexibility index (Phi) is 4.76. The molecule has 0 radical (unpaired) electrons. The summed E-state index contributed by atoms with van der Waals surface area (Å²) < 4.78 is 0. The van der Waals surface area contributed by atoms with Crippen molar-refractivity contribution in [2.45, 2.75) is 27.3 Å². The molecule has 2 N–H and O–H groups in total. The van der Waals surface area contributed by atoms with E-state index in [4.69, 9.17) is 5.11 Å². The number of hydrogen-bond acceptors (Lipinski definition) is 4. The molecule has 0 aliphatic rings. The summed E-state index contributed by atoms with van der Waals surface area (Å²) in [6.45, 7) is 5.38. The van der Waals surface area contributed by atoms with Crippen LogP contribution >= 0.6 is 0 Å². The zero-order chi connectivity index (χ0) is 13.7. The fourth-order valence-corrected chi connectivity index (χ4v) is 1.59. The average molecular weight is 251 g/mol. The molecule has 0 bridgehead atoms. The molecule has 1 aromatic rings. The molecule has 1 unspecified atom stereocenters. The minimum Gasteiger partial charge on any atom is -0.481 e. The number of carbonyl (C=O) groups excluding carboxylic acids is 1. The number of rotatable bonds is 5. The van der Waals surface area contributed by atoms with Crippen molar-refractivity contribution < 1.29 is 14.7 Å². The second-order valence-electron chi connectivity index (χ2n) is 4.43. The molecule has 0 saturated heterocycles. The van der Waals surface area contributed by atoms with Gasteiger partial charge in [0, 0.05) is 6.20 Å². The van der Waals surface area contributed by atoms with E-state index < -0.39 is 17.8 Å². The van der Waals surface area contributed by atoms with Crippen LogP contribution in [0.2, 0.25) is 0 Å². The number of carboxylic acids is 1. The highest BCUT2D eigenvalue weighted by Gasteiger charge is 2.29. The molecule has 6 heteroatoms. The molecule has 1 aromatic heterocycles. The van der Waals surface area contributed by atoms with Gasteiger partial charge in [-0.3, -0.25) is 19.6 Å². The predicted molar refractivity (Wildman–Crippen MR) is 64.6 cm³/mol. The Morgan fingerprint density at radius 2 is 2.06 bits per heavy atom. The van der Waals surface area contributed by atoms with Crippen LogP contribution in [0.25, 0.3) is 0 Å². The summed E-state index contributed by atoms with van der Waals surface area (Å²) >= 11 is 0. The molecule has 1 rings (SSSR count). The van der Waals surface area contributed by atoms with Crippen molar-refractivity contribution in [3.63, 3.8) is 0 Å². The minimum absolute atomic E-state index is 0.185. The summed E-state index contributed by atoms with van der Waals surface area (Å²) in [5.74, 6) is -2.91. The van der Waals surface area contributed by atoms with E-state index in [-0.39, 0.29) is 12.5 Å². The molecule has 1 atom stereocenters. The van der Waals surface area contributed by atoms with Crippen LogP contribution in [-0.2, 0) is 16.1 Å². The van der Waals surface area contributed by atoms with Gasteiger partial charge < -0.3 is 10.4 Å². The van der Waals surface area contributed by atoms with Crippen molar-refractivity contribution in [2.75, 3.05) is 0 Å². The van der Waals surface area contributed by atoms with Gasteiger partial charge in [0.15, 0.2) is 0 Å². The van der Waals surface area contributed by atoms with Crippen LogP contribution in [0, 0.1) is 18.8 Å². The van der Waals surface area contributed by atoms with E-state index in [0.717, 1.165) is 5.69 Å². The monoisotopic (exact) mass is 251 g/mol. The van der Waals surface area contributed by atoms with Crippen molar-refractivity contribution >= 4 is 11.9 Å². The van der Waals surface area contributed by atoms with Gasteiger partial charge in [0.05, 0.1) is 24.1 Å². The van der Waals surface area contributed by atoms with Crippen LogP contribution in [0.1, 0.15) is 25.2 Å². The summed E-state index contributed by atoms with van der Waals surface area (Å²) in [6.07, 6.45) is 3.15. The molecule has 18 heavy (non-hydrogen) atoms. The molecule has 6 nitrogen and oxygen atoms in total. The van der Waals surface area contributed by atoms with Crippen molar-refractivity contribution in [2.24, 2.45) is 11.8 Å². The van der Waals surface area contributed by atoms with Crippen LogP contribution in [0.5, 0.6) is 0 Å². The standard InChI is InChI=1S/C12H17N3O3/c1-7(2)10(12(17)18)11(16)14-6-9-5-13-4-8(3)15-9/h4-5,7,10H,6H2,1-3H3,(H,14,16)(H,17,18). The molecule has 1 heterocycles. The zero-order valence-corrected chi connectivity index (χ0v) is 10.7. The average Bonchev–Trinajstić information content (AvgIpc) is 2.25. The van der Waals surface area contributed by atoms with E-state index in [9.17, 15) is 9.59 Å². The topological polar surface area (TPSA) is 92.2 Å². The van der Waals surface area contributed by atoms with Crippen molar-refractivity contribution in [3.8, 4) is 0 Å². The Morgan fingerprint density at radius 3 is 2.56 bits per heavy atom. The number of hydrogen-bond donors (Lipinski definition) is 2. The highest BCUT2D eigenvalue weighted by molar-refractivity contribution is 5.97. The van der Waals surface area contributed by atoms with Gasteiger partial charge in [0.1, 0.15) is 5.92 Å². The van der Waals surface area contributed by atoms with E-state index >= 15 is 0 Å². The lowest BCUT2D eigenvalue weighted by Crippen LogP contribution is -2.38. The quantitative estimate of drug-likeness (QED) is 0.754. The third-order valence-electron chi connectivity index (χ3n) is 2.46. The Bertz CT molecular complexity index is 446. The van der Waals surface area contributed by atoms with Gasteiger partial charge in [-0.15, -0.1) is 0 Å². The Labute approximate surface area is 105 Å². The van der Waals surface area contributed by atoms with Crippen LogP contribution in [0.4, 0.5) is 0 Å². The first kappa shape index (κ1) is 14.1. The maximum absolute atomic E-state index is 11.7. The summed E-state index contributed by atoms with van der Waals surface area (Å²) in [6, 6.07) is 0. The largest absolute Gasteiger partial charge is 0.481 e. The molecule has 1 amide bonds. The normalized spacial score (nSPS) is 12.2. The number of aromatic nitrogens is 2. The van der Waals surface area contributed by atoms with Crippen LogP contribution in [0.15, 0.2) is 12.4 Å². The van der Waals surface area contributed by atoms with Gasteiger partial charge in [-0.1, -0.05) is 13.8 Å². The third kappa shape index (κ3) is 3.80. The SMILES string of the molecule is Cc1cncc(CNC(=O)C(C(=O)O)C(C)C)n1. The number of carboxylic acid groups (broad SMARTS) is 1. The second kappa shape index (κ2) is 6.09. The Balaban J connectivity index is 2.62. The van der Waals surface area contributed by atoms with E-state index in [1.54, 1.807) is 33.2 Å². The number of amides is 1. The van der Waals surface area contributed by atoms with Gasteiger partial charge in [-0.05, 0) is 12.8 Å². The first-order valence-corrected chi connectivity index (χ1v) is 5.70. The summed E-state index contributed by atoms with van der Waals surface area (Å²) in [4.78, 5) is 30.8. The molecule has 0 aromatic carbocycles. The molecule has 0 aliphatic carbocycles. The number of aryl methyl sites for hydroxylation is 1. The van der Waals surface area contributed by atoms with Crippen LogP contribution in [-0.4, -0.2) is 27.0 Å². The van der Waals surface area contributed by atoms with Gasteiger partial charge in [-0.2, -0.15) is 0 Å². The molecule has 0 aliphatic heterocycles. The van der Waals surface area contributed by atoms with Gasteiger partial charge >= 0.3 is 5.97 Å². The van der Waals surface area contributed by atoms with E-state index in [1.807, 2.05) is 0 Å². The lowest BCUT2D eigenvalue weighted by Gasteiger charge is -2.15. The Hall–Kier alpha value is -1.98. The maximum Gasteiger partial charge on any atom is 0.316 e. The molecular weight excluding hydrogens is 234 g/mol. The van der Waals surface area contributed by atoms with E-state index in [0.29, 0.717) is 5.69 Å². The number of nitrogens with one attached hydrogen (secondary N) is 1. The van der Waals surface area contributed by atoms with E-state index in [1.165, 1.54) is 0 Å². The summed E-state index contributed by atoms with van der Waals surface area (Å²) in [5.41, 5.74) is 1.36.